The van der Waals surface area contributed by atoms with E-state index in [1.54, 1.807) is 32.5 Å². The van der Waals surface area contributed by atoms with E-state index in [0.717, 1.165) is 11.5 Å². The Hall–Kier alpha value is -1.88. The van der Waals surface area contributed by atoms with Crippen LogP contribution in [0, 0.1) is 0 Å². The van der Waals surface area contributed by atoms with E-state index < -0.39 is 0 Å². The second kappa shape index (κ2) is 6.05. The lowest BCUT2D eigenvalue weighted by atomic mass is 10.2. The third kappa shape index (κ3) is 2.82. The monoisotopic (exact) mass is 295 g/mol. The molecule has 0 spiro atoms. The van der Waals surface area contributed by atoms with Gasteiger partial charge in [0.25, 0.3) is 0 Å². The highest BCUT2D eigenvalue weighted by Gasteiger charge is 2.15. The lowest BCUT2D eigenvalue weighted by Gasteiger charge is -2.18. The van der Waals surface area contributed by atoms with Gasteiger partial charge in [-0.15, -0.1) is 0 Å². The summed E-state index contributed by atoms with van der Waals surface area (Å²) in [6, 6.07) is 3.57. The highest BCUT2D eigenvalue weighted by Crippen LogP contribution is 2.37. The average Bonchev–Trinajstić information content (AvgIpc) is 2.85. The molecule has 0 saturated carbocycles. The van der Waals surface area contributed by atoms with Crippen LogP contribution in [0.15, 0.2) is 24.5 Å². The molecule has 0 bridgehead atoms. The summed E-state index contributed by atoms with van der Waals surface area (Å²) in [6.45, 7) is 2.03. The maximum Gasteiger partial charge on any atom is 0.145 e. The molecule has 0 aliphatic heterocycles. The fourth-order valence-electron chi connectivity index (χ4n) is 2.07. The summed E-state index contributed by atoms with van der Waals surface area (Å²) >= 11 is 6.16. The Morgan fingerprint density at radius 3 is 2.50 bits per heavy atom. The van der Waals surface area contributed by atoms with Gasteiger partial charge in [-0.05, 0) is 13.0 Å². The molecular formula is C14H18ClN3O2. The van der Waals surface area contributed by atoms with Gasteiger partial charge in [0.05, 0.1) is 31.0 Å². The topological polar surface area (TPSA) is 48.3 Å². The van der Waals surface area contributed by atoms with Crippen molar-refractivity contribution in [2.45, 2.75) is 13.0 Å². The molecule has 1 N–H and O–H groups in total. The van der Waals surface area contributed by atoms with E-state index in [1.807, 2.05) is 24.7 Å². The minimum absolute atomic E-state index is 0.0216. The second-order valence-corrected chi connectivity index (χ2v) is 4.86. The summed E-state index contributed by atoms with van der Waals surface area (Å²) in [4.78, 5) is 4.33. The first-order valence-electron chi connectivity index (χ1n) is 6.22. The average molecular weight is 296 g/mol. The summed E-state index contributed by atoms with van der Waals surface area (Å²) in [5.41, 5.74) is 0.800. The maximum atomic E-state index is 6.16. The van der Waals surface area contributed by atoms with E-state index in [2.05, 4.69) is 10.3 Å². The largest absolute Gasteiger partial charge is 0.495 e. The van der Waals surface area contributed by atoms with Gasteiger partial charge in [0.2, 0.25) is 0 Å². The molecule has 1 unspecified atom stereocenters. The summed E-state index contributed by atoms with van der Waals surface area (Å²) in [6.07, 6.45) is 3.68. The van der Waals surface area contributed by atoms with Crippen molar-refractivity contribution in [2.24, 2.45) is 7.05 Å². The van der Waals surface area contributed by atoms with Gasteiger partial charge < -0.3 is 19.4 Å². The van der Waals surface area contributed by atoms with Crippen molar-refractivity contribution in [3.05, 3.63) is 35.4 Å². The predicted molar refractivity (Wildman–Crippen MR) is 79.8 cm³/mol. The van der Waals surface area contributed by atoms with Gasteiger partial charge in [-0.3, -0.25) is 0 Å². The number of hydrogen-bond donors (Lipinski definition) is 1. The molecule has 0 aliphatic rings. The third-order valence-corrected chi connectivity index (χ3v) is 3.39. The van der Waals surface area contributed by atoms with E-state index in [0.29, 0.717) is 16.5 Å². The number of anilines is 1. The van der Waals surface area contributed by atoms with E-state index in [-0.39, 0.29) is 6.04 Å². The van der Waals surface area contributed by atoms with Gasteiger partial charge in [-0.25, -0.2) is 4.98 Å². The molecule has 1 atom stereocenters. The van der Waals surface area contributed by atoms with E-state index >= 15 is 0 Å². The Labute approximate surface area is 123 Å². The molecule has 20 heavy (non-hydrogen) atoms. The van der Waals surface area contributed by atoms with Gasteiger partial charge in [-0.1, -0.05) is 11.6 Å². The molecule has 1 aromatic carbocycles. The van der Waals surface area contributed by atoms with Crippen molar-refractivity contribution in [1.29, 1.82) is 0 Å². The number of halogens is 1. The van der Waals surface area contributed by atoms with Crippen LogP contribution in [0.1, 0.15) is 18.8 Å². The van der Waals surface area contributed by atoms with Crippen molar-refractivity contribution in [1.82, 2.24) is 9.55 Å². The van der Waals surface area contributed by atoms with Crippen LogP contribution in [0.5, 0.6) is 11.5 Å². The summed E-state index contributed by atoms with van der Waals surface area (Å²) in [5, 5.41) is 3.88. The number of aryl methyl sites for hydroxylation is 1. The number of aromatic nitrogens is 2. The van der Waals surface area contributed by atoms with Crippen molar-refractivity contribution < 1.29 is 9.47 Å². The second-order valence-electron chi connectivity index (χ2n) is 4.45. The van der Waals surface area contributed by atoms with Gasteiger partial charge >= 0.3 is 0 Å². The predicted octanol–water partition coefficient (Wildman–Crippen LogP) is 3.26. The van der Waals surface area contributed by atoms with Crippen molar-refractivity contribution in [3.8, 4) is 11.5 Å². The minimum Gasteiger partial charge on any atom is -0.495 e. The molecule has 108 valence electrons. The molecule has 1 aromatic heterocycles. The normalized spacial score (nSPS) is 12.1. The molecule has 2 rings (SSSR count). The van der Waals surface area contributed by atoms with Crippen LogP contribution >= 0.6 is 11.6 Å². The van der Waals surface area contributed by atoms with Crippen molar-refractivity contribution >= 4 is 17.3 Å². The van der Waals surface area contributed by atoms with Gasteiger partial charge in [0, 0.05) is 25.5 Å². The smallest absolute Gasteiger partial charge is 0.145 e. The van der Waals surface area contributed by atoms with Gasteiger partial charge in [0.15, 0.2) is 0 Å². The fraction of sp³-hybridized carbons (Fsp3) is 0.357. The first-order chi connectivity index (χ1) is 9.56. The van der Waals surface area contributed by atoms with Gasteiger partial charge in [0.1, 0.15) is 17.3 Å². The Morgan fingerprint density at radius 2 is 1.95 bits per heavy atom. The molecule has 2 aromatic rings. The number of nitrogens with one attached hydrogen (secondary N) is 1. The highest BCUT2D eigenvalue weighted by atomic mass is 35.5. The standard InChI is InChI=1S/C14H18ClN3O2/c1-9(14-16-5-6-18(14)2)17-11-7-10(15)12(19-3)8-13(11)20-4/h5-9,17H,1-4H3. The zero-order valence-corrected chi connectivity index (χ0v) is 12.7. The molecular weight excluding hydrogens is 278 g/mol. The number of rotatable bonds is 5. The van der Waals surface area contributed by atoms with E-state index in [1.165, 1.54) is 0 Å². The van der Waals surface area contributed by atoms with Crippen LogP contribution in [-0.2, 0) is 7.05 Å². The molecule has 0 saturated heterocycles. The first-order valence-corrected chi connectivity index (χ1v) is 6.60. The van der Waals surface area contributed by atoms with Crippen molar-refractivity contribution in [2.75, 3.05) is 19.5 Å². The van der Waals surface area contributed by atoms with Crippen LogP contribution in [0.2, 0.25) is 5.02 Å². The third-order valence-electron chi connectivity index (χ3n) is 3.09. The Bertz CT molecular complexity index is 598. The van der Waals surface area contributed by atoms with Crippen molar-refractivity contribution in [3.63, 3.8) is 0 Å². The highest BCUT2D eigenvalue weighted by molar-refractivity contribution is 6.32. The number of hydrogen-bond acceptors (Lipinski definition) is 4. The van der Waals surface area contributed by atoms with Crippen LogP contribution in [-0.4, -0.2) is 23.8 Å². The first kappa shape index (κ1) is 14.5. The molecule has 0 aliphatic carbocycles. The lowest BCUT2D eigenvalue weighted by molar-refractivity contribution is 0.395. The summed E-state index contributed by atoms with van der Waals surface area (Å²) < 4.78 is 12.5. The fourth-order valence-corrected chi connectivity index (χ4v) is 2.31. The number of methoxy groups -OCH3 is 2. The Balaban J connectivity index is 2.29. The SMILES string of the molecule is COc1cc(OC)c(NC(C)c2nccn2C)cc1Cl. The quantitative estimate of drug-likeness (QED) is 0.920. The van der Waals surface area contributed by atoms with E-state index in [9.17, 15) is 0 Å². The molecule has 1 heterocycles. The minimum atomic E-state index is 0.0216. The summed E-state index contributed by atoms with van der Waals surface area (Å²) in [5.74, 6) is 2.19. The zero-order valence-electron chi connectivity index (χ0n) is 12.0. The number of imidazole rings is 1. The molecule has 6 heteroatoms. The molecule has 0 radical (unpaired) electrons. The van der Waals surface area contributed by atoms with Crippen LogP contribution < -0.4 is 14.8 Å². The maximum absolute atomic E-state index is 6.16. The lowest BCUT2D eigenvalue weighted by Crippen LogP contribution is -2.12. The van der Waals surface area contributed by atoms with Crippen LogP contribution in [0.4, 0.5) is 5.69 Å². The molecule has 0 amide bonds. The zero-order chi connectivity index (χ0) is 14.7. The Morgan fingerprint density at radius 1 is 1.25 bits per heavy atom. The van der Waals surface area contributed by atoms with E-state index in [4.69, 9.17) is 21.1 Å². The molecule has 0 fully saturated rings. The number of benzene rings is 1. The number of nitrogens with zero attached hydrogens (tertiary/aromatic N) is 2. The Kier molecular flexibility index (Phi) is 4.39. The molecule has 5 nitrogen and oxygen atoms in total. The van der Waals surface area contributed by atoms with Crippen LogP contribution in [0.25, 0.3) is 0 Å². The summed E-state index contributed by atoms with van der Waals surface area (Å²) in [7, 11) is 5.14. The number of ether oxygens (including phenoxy) is 2. The van der Waals surface area contributed by atoms with Gasteiger partial charge in [-0.2, -0.15) is 0 Å². The van der Waals surface area contributed by atoms with Crippen LogP contribution in [0.3, 0.4) is 0 Å².